The summed E-state index contributed by atoms with van der Waals surface area (Å²) in [4.78, 5) is 2.56. The van der Waals surface area contributed by atoms with Crippen molar-refractivity contribution in [2.24, 2.45) is 0 Å². The Kier molecular flexibility index (Phi) is 8.06. The fraction of sp³-hybridized carbons (Fsp3) is 0.161. The minimum Gasteiger partial charge on any atom is -0.295 e. The number of benzene rings is 4. The Labute approximate surface area is 192 Å². The fourth-order valence-corrected chi connectivity index (χ4v) is 4.10. The Morgan fingerprint density at radius 2 is 0.938 bits per heavy atom. The normalized spacial score (nSPS) is 10.8. The molecule has 1 nitrogen and oxygen atoms in total. The van der Waals surface area contributed by atoms with Gasteiger partial charge in [-0.2, -0.15) is 0 Å². The summed E-state index contributed by atoms with van der Waals surface area (Å²) in [6.07, 6.45) is 4.59. The van der Waals surface area contributed by atoms with Gasteiger partial charge in [0.05, 0.1) is 0 Å². The third-order valence-corrected chi connectivity index (χ3v) is 5.69. The molecular formula is C31H31N. The minimum absolute atomic E-state index is 0.976. The summed E-state index contributed by atoms with van der Waals surface area (Å²) in [7, 11) is 0. The van der Waals surface area contributed by atoms with Gasteiger partial charge in [-0.15, -0.1) is 0 Å². The Balaban J connectivity index is 1.45. The third-order valence-electron chi connectivity index (χ3n) is 5.69. The zero-order chi connectivity index (χ0) is 21.8. The number of rotatable bonds is 10. The van der Waals surface area contributed by atoms with Crippen LogP contribution in [0.5, 0.6) is 0 Å². The third kappa shape index (κ3) is 6.54. The molecule has 0 radical (unpaired) electrons. The maximum absolute atomic E-state index is 2.56. The lowest BCUT2D eigenvalue weighted by Crippen LogP contribution is -2.24. The van der Waals surface area contributed by atoms with Crippen LogP contribution in [0.15, 0.2) is 127 Å². The van der Waals surface area contributed by atoms with Crippen molar-refractivity contribution >= 4 is 5.57 Å². The maximum atomic E-state index is 2.56. The number of nitrogens with zero attached hydrogens (tertiary/aromatic N) is 1. The second-order valence-electron chi connectivity index (χ2n) is 8.17. The van der Waals surface area contributed by atoms with Crippen LogP contribution in [0, 0.1) is 0 Å². The SMILES string of the molecule is C(CCCN(Cc1ccccc1)Cc1ccccc1)=C(c1ccccc1)c1ccccc1. The van der Waals surface area contributed by atoms with Crippen LogP contribution in [-0.4, -0.2) is 11.4 Å². The monoisotopic (exact) mass is 417 g/mol. The van der Waals surface area contributed by atoms with Crippen molar-refractivity contribution in [1.82, 2.24) is 4.90 Å². The molecule has 0 fully saturated rings. The molecule has 32 heavy (non-hydrogen) atoms. The molecule has 0 bridgehead atoms. The van der Waals surface area contributed by atoms with Crippen molar-refractivity contribution in [2.45, 2.75) is 25.9 Å². The Hall–Kier alpha value is -3.42. The van der Waals surface area contributed by atoms with E-state index in [0.29, 0.717) is 0 Å². The first-order valence-corrected chi connectivity index (χ1v) is 11.5. The second kappa shape index (κ2) is 11.8. The topological polar surface area (TPSA) is 3.24 Å². The van der Waals surface area contributed by atoms with E-state index in [2.05, 4.69) is 132 Å². The Bertz CT molecular complexity index is 987. The summed E-state index contributed by atoms with van der Waals surface area (Å²) in [5.41, 5.74) is 6.62. The quantitative estimate of drug-likeness (QED) is 0.240. The van der Waals surface area contributed by atoms with Crippen LogP contribution in [0.1, 0.15) is 35.1 Å². The average molecular weight is 418 g/mol. The maximum Gasteiger partial charge on any atom is 0.0237 e. The molecule has 160 valence electrons. The molecule has 0 aliphatic carbocycles. The first kappa shape index (κ1) is 21.8. The highest BCUT2D eigenvalue weighted by Gasteiger charge is 2.08. The molecule has 0 aromatic heterocycles. The molecule has 0 atom stereocenters. The highest BCUT2D eigenvalue weighted by Crippen LogP contribution is 2.24. The van der Waals surface area contributed by atoms with Crippen molar-refractivity contribution in [2.75, 3.05) is 6.54 Å². The van der Waals surface area contributed by atoms with E-state index in [1.54, 1.807) is 0 Å². The molecule has 0 saturated carbocycles. The van der Waals surface area contributed by atoms with E-state index >= 15 is 0 Å². The molecule has 0 heterocycles. The van der Waals surface area contributed by atoms with Gasteiger partial charge >= 0.3 is 0 Å². The summed E-state index contributed by atoms with van der Waals surface area (Å²) in [5, 5.41) is 0. The molecule has 0 aliphatic rings. The van der Waals surface area contributed by atoms with Crippen LogP contribution in [0.4, 0.5) is 0 Å². The average Bonchev–Trinajstić information content (AvgIpc) is 2.86. The zero-order valence-electron chi connectivity index (χ0n) is 18.6. The van der Waals surface area contributed by atoms with Gasteiger partial charge in [-0.1, -0.05) is 127 Å². The number of unbranched alkanes of at least 4 members (excludes halogenated alkanes) is 1. The van der Waals surface area contributed by atoms with Crippen LogP contribution in [0.3, 0.4) is 0 Å². The van der Waals surface area contributed by atoms with Crippen molar-refractivity contribution in [3.63, 3.8) is 0 Å². The number of hydrogen-bond acceptors (Lipinski definition) is 1. The van der Waals surface area contributed by atoms with Crippen LogP contribution in [0.25, 0.3) is 5.57 Å². The van der Waals surface area contributed by atoms with Crippen molar-refractivity contribution in [3.05, 3.63) is 150 Å². The molecule has 0 N–H and O–H groups in total. The Morgan fingerprint density at radius 1 is 0.531 bits per heavy atom. The standard InChI is InChI=1S/C31H31N/c1-5-15-27(16-6-1)25-32(26-28-17-7-2-8-18-28)24-14-13-23-31(29-19-9-3-10-20-29)30-21-11-4-12-22-30/h1-12,15-23H,13-14,24-26H2. The molecule has 1 heteroatoms. The smallest absolute Gasteiger partial charge is 0.0237 e. The van der Waals surface area contributed by atoms with Crippen LogP contribution < -0.4 is 0 Å². The van der Waals surface area contributed by atoms with Gasteiger partial charge < -0.3 is 0 Å². The summed E-state index contributed by atoms with van der Waals surface area (Å²) in [6.45, 7) is 3.02. The van der Waals surface area contributed by atoms with Gasteiger partial charge in [-0.05, 0) is 47.2 Å². The van der Waals surface area contributed by atoms with Crippen LogP contribution in [0.2, 0.25) is 0 Å². The highest BCUT2D eigenvalue weighted by molar-refractivity contribution is 5.79. The van der Waals surface area contributed by atoms with Crippen molar-refractivity contribution in [1.29, 1.82) is 0 Å². The number of hydrogen-bond donors (Lipinski definition) is 0. The lowest BCUT2D eigenvalue weighted by atomic mass is 9.96. The molecule has 0 unspecified atom stereocenters. The molecular weight excluding hydrogens is 386 g/mol. The van der Waals surface area contributed by atoms with Gasteiger partial charge in [0.15, 0.2) is 0 Å². The van der Waals surface area contributed by atoms with Gasteiger partial charge in [0.25, 0.3) is 0 Å². The molecule has 4 aromatic rings. The molecule has 0 spiro atoms. The predicted molar refractivity (Wildman–Crippen MR) is 136 cm³/mol. The first-order chi connectivity index (χ1) is 15.9. The number of allylic oxidation sites excluding steroid dienone is 1. The van der Waals surface area contributed by atoms with Crippen LogP contribution in [-0.2, 0) is 13.1 Å². The minimum atomic E-state index is 0.976. The second-order valence-corrected chi connectivity index (χ2v) is 8.17. The Morgan fingerprint density at radius 3 is 1.38 bits per heavy atom. The van der Waals surface area contributed by atoms with E-state index in [1.807, 2.05) is 0 Å². The van der Waals surface area contributed by atoms with E-state index in [1.165, 1.54) is 27.8 Å². The zero-order valence-corrected chi connectivity index (χ0v) is 18.6. The van der Waals surface area contributed by atoms with Crippen LogP contribution >= 0.6 is 0 Å². The molecule has 4 aromatic carbocycles. The van der Waals surface area contributed by atoms with Gasteiger partial charge in [0.1, 0.15) is 0 Å². The van der Waals surface area contributed by atoms with Gasteiger partial charge in [0.2, 0.25) is 0 Å². The summed E-state index contributed by atoms with van der Waals surface area (Å²) < 4.78 is 0. The van der Waals surface area contributed by atoms with Gasteiger partial charge in [-0.3, -0.25) is 4.90 Å². The summed E-state index contributed by atoms with van der Waals surface area (Å²) in [6, 6.07) is 43.0. The first-order valence-electron chi connectivity index (χ1n) is 11.5. The largest absolute Gasteiger partial charge is 0.295 e. The van der Waals surface area contributed by atoms with Crippen molar-refractivity contribution < 1.29 is 0 Å². The van der Waals surface area contributed by atoms with Gasteiger partial charge in [-0.25, -0.2) is 0 Å². The fourth-order valence-electron chi connectivity index (χ4n) is 4.10. The summed E-state index contributed by atoms with van der Waals surface area (Å²) in [5.74, 6) is 0. The molecule has 0 amide bonds. The predicted octanol–water partition coefficient (Wildman–Crippen LogP) is 7.60. The molecule has 0 aliphatic heterocycles. The lowest BCUT2D eigenvalue weighted by Gasteiger charge is -2.22. The molecule has 4 rings (SSSR count). The van der Waals surface area contributed by atoms with E-state index in [0.717, 1.165) is 32.5 Å². The summed E-state index contributed by atoms with van der Waals surface area (Å²) >= 11 is 0. The van der Waals surface area contributed by atoms with E-state index in [-0.39, 0.29) is 0 Å². The van der Waals surface area contributed by atoms with Crippen molar-refractivity contribution in [3.8, 4) is 0 Å². The van der Waals surface area contributed by atoms with E-state index < -0.39 is 0 Å². The van der Waals surface area contributed by atoms with Gasteiger partial charge in [0, 0.05) is 13.1 Å². The molecule has 0 saturated heterocycles. The van der Waals surface area contributed by atoms with E-state index in [9.17, 15) is 0 Å². The van der Waals surface area contributed by atoms with E-state index in [4.69, 9.17) is 0 Å². The lowest BCUT2D eigenvalue weighted by molar-refractivity contribution is 0.254. The highest BCUT2D eigenvalue weighted by atomic mass is 15.1.